The fourth-order valence-corrected chi connectivity index (χ4v) is 2.99. The van der Waals surface area contributed by atoms with Crippen molar-refractivity contribution < 1.29 is 18.6 Å². The molecule has 3 rings (SSSR count). The van der Waals surface area contributed by atoms with Gasteiger partial charge in [0.15, 0.2) is 5.79 Å². The first-order valence-corrected chi connectivity index (χ1v) is 7.36. The topological polar surface area (TPSA) is 27.7 Å². The second-order valence-corrected chi connectivity index (χ2v) is 5.69. The van der Waals surface area contributed by atoms with Crippen LogP contribution in [-0.2, 0) is 20.8 Å². The zero-order valence-electron chi connectivity index (χ0n) is 11.6. The van der Waals surface area contributed by atoms with Crippen LogP contribution in [0.3, 0.4) is 0 Å². The van der Waals surface area contributed by atoms with Gasteiger partial charge in [0.1, 0.15) is 5.82 Å². The quantitative estimate of drug-likeness (QED) is 0.847. The molecule has 0 radical (unpaired) electrons. The van der Waals surface area contributed by atoms with Gasteiger partial charge in [-0.25, -0.2) is 4.39 Å². The van der Waals surface area contributed by atoms with E-state index in [1.54, 1.807) is 12.1 Å². The predicted molar refractivity (Wildman–Crippen MR) is 72.6 cm³/mol. The van der Waals surface area contributed by atoms with E-state index in [2.05, 4.69) is 0 Å². The molecule has 1 heterocycles. The van der Waals surface area contributed by atoms with Gasteiger partial charge >= 0.3 is 0 Å². The van der Waals surface area contributed by atoms with Crippen molar-refractivity contribution in [1.82, 2.24) is 0 Å². The Hall–Kier alpha value is -0.970. The highest BCUT2D eigenvalue weighted by molar-refractivity contribution is 5.14. The van der Waals surface area contributed by atoms with Crippen molar-refractivity contribution in [2.45, 2.75) is 38.1 Å². The molecule has 0 aromatic heterocycles. The summed E-state index contributed by atoms with van der Waals surface area (Å²) in [7, 11) is 0. The molecule has 20 heavy (non-hydrogen) atoms. The first kappa shape index (κ1) is 14.0. The van der Waals surface area contributed by atoms with E-state index in [0.717, 1.165) is 51.1 Å². The molecule has 2 fully saturated rings. The summed E-state index contributed by atoms with van der Waals surface area (Å²) in [6.07, 6.45) is 4.11. The monoisotopic (exact) mass is 280 g/mol. The van der Waals surface area contributed by atoms with Gasteiger partial charge in [0.05, 0.1) is 19.8 Å². The van der Waals surface area contributed by atoms with Crippen LogP contribution in [0.15, 0.2) is 24.3 Å². The molecular formula is C16H21FO3. The summed E-state index contributed by atoms with van der Waals surface area (Å²) in [5.74, 6) is 0.0877. The van der Waals surface area contributed by atoms with Crippen molar-refractivity contribution in [2.24, 2.45) is 5.92 Å². The van der Waals surface area contributed by atoms with Gasteiger partial charge in [-0.15, -0.1) is 0 Å². The Morgan fingerprint density at radius 3 is 2.40 bits per heavy atom. The van der Waals surface area contributed by atoms with Gasteiger partial charge < -0.3 is 14.2 Å². The normalized spacial score (nSPS) is 22.4. The predicted octanol–water partition coefficient (Wildman–Crippen LogP) is 3.28. The zero-order valence-corrected chi connectivity index (χ0v) is 11.6. The van der Waals surface area contributed by atoms with Gasteiger partial charge in [0.25, 0.3) is 0 Å². The molecule has 4 heteroatoms. The van der Waals surface area contributed by atoms with E-state index in [0.29, 0.717) is 12.5 Å². The van der Waals surface area contributed by atoms with E-state index < -0.39 is 0 Å². The highest BCUT2D eigenvalue weighted by Gasteiger charge is 2.40. The number of hydrogen-bond donors (Lipinski definition) is 0. The molecular weight excluding hydrogens is 259 g/mol. The van der Waals surface area contributed by atoms with Crippen LogP contribution < -0.4 is 0 Å². The van der Waals surface area contributed by atoms with Crippen LogP contribution in [0, 0.1) is 11.7 Å². The number of hydrogen-bond acceptors (Lipinski definition) is 3. The summed E-state index contributed by atoms with van der Waals surface area (Å²) in [5.41, 5.74) is 1.01. The summed E-state index contributed by atoms with van der Waals surface area (Å²) < 4.78 is 30.0. The van der Waals surface area contributed by atoms with Crippen LogP contribution >= 0.6 is 0 Å². The lowest BCUT2D eigenvalue weighted by Gasteiger charge is -2.35. The summed E-state index contributed by atoms with van der Waals surface area (Å²) in [6.45, 7) is 2.76. The second kappa shape index (κ2) is 6.20. The van der Waals surface area contributed by atoms with E-state index in [-0.39, 0.29) is 11.6 Å². The SMILES string of the molecule is Fc1ccc(COCC2CCC3(CC2)OCCO3)cc1. The molecule has 0 amide bonds. The van der Waals surface area contributed by atoms with Crippen LogP contribution in [0.5, 0.6) is 0 Å². The minimum absolute atomic E-state index is 0.206. The third-order valence-electron chi connectivity index (χ3n) is 4.22. The number of benzene rings is 1. The minimum Gasteiger partial charge on any atom is -0.376 e. The van der Waals surface area contributed by atoms with Crippen molar-refractivity contribution in [3.8, 4) is 0 Å². The van der Waals surface area contributed by atoms with E-state index in [1.165, 1.54) is 12.1 Å². The Bertz CT molecular complexity index is 416. The average molecular weight is 280 g/mol. The lowest BCUT2D eigenvalue weighted by molar-refractivity contribution is -0.184. The maximum Gasteiger partial charge on any atom is 0.168 e. The van der Waals surface area contributed by atoms with Gasteiger partial charge in [-0.05, 0) is 36.5 Å². The highest BCUT2D eigenvalue weighted by atomic mass is 19.1. The zero-order chi connectivity index (χ0) is 13.8. The van der Waals surface area contributed by atoms with Gasteiger partial charge in [0.2, 0.25) is 0 Å². The number of ether oxygens (including phenoxy) is 3. The Labute approximate surface area is 119 Å². The largest absolute Gasteiger partial charge is 0.376 e. The molecule has 3 nitrogen and oxygen atoms in total. The smallest absolute Gasteiger partial charge is 0.168 e. The maximum absolute atomic E-state index is 12.8. The van der Waals surface area contributed by atoms with Crippen LogP contribution in [0.2, 0.25) is 0 Å². The average Bonchev–Trinajstić information content (AvgIpc) is 2.92. The second-order valence-electron chi connectivity index (χ2n) is 5.69. The summed E-state index contributed by atoms with van der Waals surface area (Å²) in [4.78, 5) is 0. The van der Waals surface area contributed by atoms with Crippen LogP contribution in [0.25, 0.3) is 0 Å². The fourth-order valence-electron chi connectivity index (χ4n) is 2.99. The van der Waals surface area contributed by atoms with Crippen molar-refractivity contribution in [3.63, 3.8) is 0 Å². The van der Waals surface area contributed by atoms with E-state index in [1.807, 2.05) is 0 Å². The van der Waals surface area contributed by atoms with Crippen LogP contribution in [-0.4, -0.2) is 25.6 Å². The molecule has 0 bridgehead atoms. The molecule has 1 aromatic rings. The van der Waals surface area contributed by atoms with Crippen molar-refractivity contribution in [1.29, 1.82) is 0 Å². The summed E-state index contributed by atoms with van der Waals surface area (Å²) >= 11 is 0. The van der Waals surface area contributed by atoms with Crippen molar-refractivity contribution in [2.75, 3.05) is 19.8 Å². The standard InChI is InChI=1S/C16H21FO3/c17-15-3-1-13(2-4-15)11-18-12-14-5-7-16(8-6-14)19-9-10-20-16/h1-4,14H,5-12H2. The molecule has 110 valence electrons. The Kier molecular flexibility index (Phi) is 4.34. The van der Waals surface area contributed by atoms with Crippen molar-refractivity contribution in [3.05, 3.63) is 35.6 Å². The fraction of sp³-hybridized carbons (Fsp3) is 0.625. The molecule has 0 atom stereocenters. The molecule has 1 aliphatic carbocycles. The molecule has 1 spiro atoms. The Balaban J connectivity index is 1.38. The lowest BCUT2D eigenvalue weighted by Crippen LogP contribution is -2.36. The first-order valence-electron chi connectivity index (χ1n) is 7.36. The Morgan fingerprint density at radius 2 is 1.75 bits per heavy atom. The first-order chi connectivity index (χ1) is 9.76. The molecule has 1 saturated carbocycles. The third kappa shape index (κ3) is 3.37. The minimum atomic E-state index is -0.284. The summed E-state index contributed by atoms with van der Waals surface area (Å²) in [6, 6.07) is 6.48. The molecule has 1 aromatic carbocycles. The molecule has 0 unspecified atom stereocenters. The van der Waals surface area contributed by atoms with E-state index in [9.17, 15) is 4.39 Å². The van der Waals surface area contributed by atoms with Gasteiger partial charge in [-0.1, -0.05) is 12.1 Å². The van der Waals surface area contributed by atoms with Gasteiger partial charge in [-0.2, -0.15) is 0 Å². The van der Waals surface area contributed by atoms with Crippen LogP contribution in [0.1, 0.15) is 31.2 Å². The maximum atomic E-state index is 12.8. The third-order valence-corrected chi connectivity index (χ3v) is 4.22. The van der Waals surface area contributed by atoms with E-state index >= 15 is 0 Å². The number of halogens is 1. The lowest BCUT2D eigenvalue weighted by atomic mass is 9.85. The summed E-state index contributed by atoms with van der Waals surface area (Å²) in [5, 5.41) is 0. The van der Waals surface area contributed by atoms with Gasteiger partial charge in [-0.3, -0.25) is 0 Å². The van der Waals surface area contributed by atoms with Crippen molar-refractivity contribution >= 4 is 0 Å². The van der Waals surface area contributed by atoms with E-state index in [4.69, 9.17) is 14.2 Å². The molecule has 1 aliphatic heterocycles. The molecule has 0 N–H and O–H groups in total. The number of rotatable bonds is 4. The highest BCUT2D eigenvalue weighted by Crippen LogP contribution is 2.38. The Morgan fingerprint density at radius 1 is 1.10 bits per heavy atom. The molecule has 2 aliphatic rings. The molecule has 1 saturated heterocycles. The van der Waals surface area contributed by atoms with Gasteiger partial charge in [0, 0.05) is 19.4 Å². The van der Waals surface area contributed by atoms with Crippen LogP contribution in [0.4, 0.5) is 4.39 Å².